The Morgan fingerprint density at radius 1 is 1.15 bits per heavy atom. The summed E-state index contributed by atoms with van der Waals surface area (Å²) in [5.74, 6) is -3.36. The fourth-order valence-electron chi connectivity index (χ4n) is 4.40. The van der Waals surface area contributed by atoms with E-state index in [1.165, 1.54) is 48.7 Å². The van der Waals surface area contributed by atoms with Crippen molar-refractivity contribution in [2.24, 2.45) is 0 Å². The number of hydrogen-bond acceptors (Lipinski definition) is 6. The lowest BCUT2D eigenvalue weighted by Gasteiger charge is -2.30. The van der Waals surface area contributed by atoms with Crippen LogP contribution in [0.5, 0.6) is 0 Å². The topological polar surface area (TPSA) is 134 Å². The molecule has 0 unspecified atom stereocenters. The average Bonchev–Trinajstić information content (AvgIpc) is 3.42. The monoisotopic (exact) mass is 618 g/mol. The first-order valence-corrected chi connectivity index (χ1v) is 14.7. The number of benzene rings is 3. The second kappa shape index (κ2) is 11.2. The summed E-state index contributed by atoms with van der Waals surface area (Å²) in [6.07, 6.45) is -0.839. The molecule has 1 aliphatic rings. The molecule has 1 atom stereocenters. The third-order valence-electron chi connectivity index (χ3n) is 6.49. The maximum Gasteiger partial charge on any atom is 0.326 e. The third kappa shape index (κ3) is 5.95. The van der Waals surface area contributed by atoms with Crippen molar-refractivity contribution in [1.29, 1.82) is 0 Å². The second-order valence-electron chi connectivity index (χ2n) is 9.37. The van der Waals surface area contributed by atoms with Gasteiger partial charge in [0.1, 0.15) is 11.6 Å². The number of aliphatic carboxylic acids is 1. The van der Waals surface area contributed by atoms with Crippen LogP contribution >= 0.6 is 23.2 Å². The Morgan fingerprint density at radius 3 is 2.66 bits per heavy atom. The molecule has 212 valence electrons. The molecule has 0 fully saturated rings. The van der Waals surface area contributed by atoms with E-state index < -0.39 is 69.2 Å². The first kappa shape index (κ1) is 23.8. The molecule has 12 heteroatoms. The summed E-state index contributed by atoms with van der Waals surface area (Å²) in [6, 6.07) is 11.4. The lowest BCUT2D eigenvalue weighted by molar-refractivity contribution is -0.139. The van der Waals surface area contributed by atoms with Crippen molar-refractivity contribution in [3.8, 4) is 0 Å². The van der Waals surface area contributed by atoms with Crippen LogP contribution in [0.1, 0.15) is 42.9 Å². The number of rotatable bonds is 7. The van der Waals surface area contributed by atoms with Crippen LogP contribution in [-0.4, -0.2) is 55.0 Å². The van der Waals surface area contributed by atoms with Gasteiger partial charge in [0, 0.05) is 42.2 Å². The summed E-state index contributed by atoms with van der Waals surface area (Å²) in [7, 11) is -3.58. The zero-order valence-corrected chi connectivity index (χ0v) is 23.6. The maximum absolute atomic E-state index is 13.5. The Bertz CT molecular complexity index is 2000. The first-order chi connectivity index (χ1) is 20.9. The molecule has 0 aliphatic carbocycles. The van der Waals surface area contributed by atoms with Gasteiger partial charge in [0.05, 0.1) is 26.8 Å². The first-order valence-electron chi connectivity index (χ1n) is 14.1. The molecule has 0 saturated carbocycles. The molecule has 2 N–H and O–H groups in total. The van der Waals surface area contributed by atoms with Gasteiger partial charge in [-0.15, -0.1) is 0 Å². The van der Waals surface area contributed by atoms with Gasteiger partial charge in [-0.05, 0) is 59.5 Å². The molecule has 2 amide bonds. The number of fused-ring (bicyclic) bond motifs is 2. The average molecular weight is 620 g/mol. The van der Waals surface area contributed by atoms with Crippen molar-refractivity contribution in [1.82, 2.24) is 10.2 Å². The predicted octanol–water partition coefficient (Wildman–Crippen LogP) is 4.77. The van der Waals surface area contributed by atoms with Crippen LogP contribution in [0.15, 0.2) is 70.2 Å². The Labute approximate surface area is 251 Å². The molecule has 0 spiro atoms. The summed E-state index contributed by atoms with van der Waals surface area (Å²) in [6.45, 7) is -3.42. The van der Waals surface area contributed by atoms with Gasteiger partial charge in [-0.3, -0.25) is 9.59 Å². The number of hydrogen-bond donors (Lipinski definition) is 2. The SMILES string of the molecule is [2H]C1([2H])c2c(cc(Cl)c(C(=O)N[C@@H](Cc3cccc(S(C)(=O)=O)c3)C(=O)O)c2Cl)CN(C(=O)c2ccc3ccoc3c2)C1([2H])[2H]. The highest BCUT2D eigenvalue weighted by Crippen LogP contribution is 2.35. The Balaban J connectivity index is 1.48. The number of amides is 2. The van der Waals surface area contributed by atoms with Gasteiger partial charge in [0.2, 0.25) is 0 Å². The van der Waals surface area contributed by atoms with Crippen LogP contribution in [0.25, 0.3) is 11.0 Å². The summed E-state index contributed by atoms with van der Waals surface area (Å²) in [4.78, 5) is 39.6. The van der Waals surface area contributed by atoms with E-state index in [1.807, 2.05) is 0 Å². The molecular weight excluding hydrogens is 591 g/mol. The van der Waals surface area contributed by atoms with Gasteiger partial charge in [-0.1, -0.05) is 41.4 Å². The molecule has 41 heavy (non-hydrogen) atoms. The Kier molecular flexibility index (Phi) is 6.50. The number of carboxylic acid groups (broad SMARTS) is 1. The molecule has 9 nitrogen and oxygen atoms in total. The number of nitrogens with zero attached hydrogens (tertiary/aromatic N) is 1. The van der Waals surface area contributed by atoms with Crippen molar-refractivity contribution in [3.05, 3.63) is 98.7 Å². The number of carbonyl (C=O) groups is 3. The summed E-state index contributed by atoms with van der Waals surface area (Å²) in [5, 5.41) is 12.0. The summed E-state index contributed by atoms with van der Waals surface area (Å²) < 4.78 is 64.1. The molecule has 2 heterocycles. The van der Waals surface area contributed by atoms with E-state index in [0.717, 1.165) is 6.26 Å². The maximum atomic E-state index is 13.5. The molecule has 1 aromatic heterocycles. The second-order valence-corrected chi connectivity index (χ2v) is 12.2. The minimum Gasteiger partial charge on any atom is -0.480 e. The third-order valence-corrected chi connectivity index (χ3v) is 8.28. The zero-order chi connectivity index (χ0) is 33.1. The fraction of sp³-hybridized carbons (Fsp3) is 0.207. The van der Waals surface area contributed by atoms with E-state index in [9.17, 15) is 27.9 Å². The molecule has 0 bridgehead atoms. The minimum absolute atomic E-state index is 0.0400. The molecule has 0 radical (unpaired) electrons. The van der Waals surface area contributed by atoms with E-state index in [4.69, 9.17) is 33.1 Å². The van der Waals surface area contributed by atoms with Crippen molar-refractivity contribution in [2.45, 2.75) is 30.3 Å². The summed E-state index contributed by atoms with van der Waals surface area (Å²) >= 11 is 13.0. The molecule has 3 aromatic carbocycles. The van der Waals surface area contributed by atoms with Gasteiger partial charge in [-0.25, -0.2) is 13.2 Å². The van der Waals surface area contributed by atoms with E-state index in [0.29, 0.717) is 21.4 Å². The van der Waals surface area contributed by atoms with Gasteiger partial charge >= 0.3 is 5.97 Å². The standard InChI is InChI=1S/C29H24Cl2N2O7S/c1-41(38,39)20-4-2-3-16(11-20)12-23(29(36)37)32-27(34)25-22(30)13-19-15-33(9-7-21(19)26(25)31)28(35)18-6-5-17-8-10-40-24(17)14-18/h2-6,8,10-11,13-14,23H,7,9,12,15H2,1H3,(H,32,34)(H,36,37)/t23-/m0/s1/i7D2,9D2. The predicted molar refractivity (Wildman–Crippen MR) is 153 cm³/mol. The van der Waals surface area contributed by atoms with E-state index >= 15 is 0 Å². The molecule has 5 rings (SSSR count). The van der Waals surface area contributed by atoms with Crippen LogP contribution < -0.4 is 5.32 Å². The minimum atomic E-state index is -3.58. The van der Waals surface area contributed by atoms with Gasteiger partial charge in [0.15, 0.2) is 9.84 Å². The van der Waals surface area contributed by atoms with Gasteiger partial charge < -0.3 is 19.7 Å². The molecule has 0 saturated heterocycles. The van der Waals surface area contributed by atoms with Gasteiger partial charge in [-0.2, -0.15) is 0 Å². The van der Waals surface area contributed by atoms with Crippen molar-refractivity contribution < 1.29 is 37.8 Å². The smallest absolute Gasteiger partial charge is 0.326 e. The largest absolute Gasteiger partial charge is 0.480 e. The highest BCUT2D eigenvalue weighted by Gasteiger charge is 2.30. The van der Waals surface area contributed by atoms with E-state index in [2.05, 4.69) is 5.32 Å². The van der Waals surface area contributed by atoms with Crippen LogP contribution in [0.3, 0.4) is 0 Å². The van der Waals surface area contributed by atoms with Crippen LogP contribution in [-0.2, 0) is 34.0 Å². The molecular formula is C29H24Cl2N2O7S. The molecule has 4 aromatic rings. The van der Waals surface area contributed by atoms with Crippen LogP contribution in [0.2, 0.25) is 10.0 Å². The van der Waals surface area contributed by atoms with Crippen molar-refractivity contribution in [3.63, 3.8) is 0 Å². The number of sulfone groups is 1. The number of halogens is 2. The highest BCUT2D eigenvalue weighted by molar-refractivity contribution is 7.90. The zero-order valence-electron chi connectivity index (χ0n) is 25.3. The van der Waals surface area contributed by atoms with Crippen LogP contribution in [0.4, 0.5) is 0 Å². The van der Waals surface area contributed by atoms with E-state index in [-0.39, 0.29) is 27.5 Å². The number of carbonyl (C=O) groups excluding carboxylic acids is 2. The summed E-state index contributed by atoms with van der Waals surface area (Å²) in [5.41, 5.74) is -0.130. The lowest BCUT2D eigenvalue weighted by Crippen LogP contribution is -2.42. The Hall–Kier alpha value is -3.86. The number of nitrogens with one attached hydrogen (secondary N) is 1. The highest BCUT2D eigenvalue weighted by atomic mass is 35.5. The normalized spacial score (nSPS) is 17.9. The van der Waals surface area contributed by atoms with Crippen LogP contribution in [0, 0.1) is 0 Å². The number of furan rings is 1. The molecule has 1 aliphatic heterocycles. The van der Waals surface area contributed by atoms with Crippen molar-refractivity contribution in [2.75, 3.05) is 12.8 Å². The van der Waals surface area contributed by atoms with Crippen molar-refractivity contribution >= 4 is 61.8 Å². The quantitative estimate of drug-likeness (QED) is 0.305. The Morgan fingerprint density at radius 2 is 1.93 bits per heavy atom. The van der Waals surface area contributed by atoms with Gasteiger partial charge in [0.25, 0.3) is 11.8 Å². The fourth-order valence-corrected chi connectivity index (χ4v) is 5.81. The number of carboxylic acids is 1. The van der Waals surface area contributed by atoms with E-state index in [1.54, 1.807) is 12.1 Å². The lowest BCUT2D eigenvalue weighted by atomic mass is 9.95.